The lowest BCUT2D eigenvalue weighted by molar-refractivity contribution is 0.0776. The average Bonchev–Trinajstić information content (AvgIpc) is 2.96. The Morgan fingerprint density at radius 3 is 2.84 bits per heavy atom. The van der Waals surface area contributed by atoms with Gasteiger partial charge < -0.3 is 0 Å². The van der Waals surface area contributed by atoms with Gasteiger partial charge in [-0.2, -0.15) is 0 Å². The predicted octanol–water partition coefficient (Wildman–Crippen LogP) is 4.72. The van der Waals surface area contributed by atoms with Crippen molar-refractivity contribution in [1.29, 1.82) is 0 Å². The highest BCUT2D eigenvalue weighted by molar-refractivity contribution is 9.12. The summed E-state index contributed by atoms with van der Waals surface area (Å²) in [6.45, 7) is 1.68. The Balaban J connectivity index is 1.70. The number of likely N-dealkylation sites (tertiary alicyclic amines) is 1. The average molecular weight is 407 g/mol. The predicted molar refractivity (Wildman–Crippen MR) is 86.0 cm³/mol. The lowest BCUT2D eigenvalue weighted by Crippen LogP contribution is -2.45. The zero-order valence-corrected chi connectivity index (χ0v) is 14.7. The van der Waals surface area contributed by atoms with Gasteiger partial charge in [0.15, 0.2) is 5.78 Å². The maximum Gasteiger partial charge on any atom is 0.178 e. The molecule has 2 atom stereocenters. The van der Waals surface area contributed by atoms with Crippen LogP contribution in [-0.2, 0) is 0 Å². The number of nitrogens with zero attached hydrogens (tertiary/aromatic N) is 1. The van der Waals surface area contributed by atoms with Crippen LogP contribution in [0, 0.1) is 5.92 Å². The van der Waals surface area contributed by atoms with Crippen LogP contribution in [0.1, 0.15) is 42.5 Å². The van der Waals surface area contributed by atoms with Crippen molar-refractivity contribution in [3.63, 3.8) is 0 Å². The number of ketones is 1. The third-order valence-corrected chi connectivity index (χ3v) is 6.75. The number of hydrogen-bond donors (Lipinski definition) is 0. The molecule has 0 amide bonds. The summed E-state index contributed by atoms with van der Waals surface area (Å²) >= 11 is 8.51. The van der Waals surface area contributed by atoms with E-state index in [2.05, 4.69) is 36.8 Å². The van der Waals surface area contributed by atoms with Gasteiger partial charge >= 0.3 is 0 Å². The van der Waals surface area contributed by atoms with Gasteiger partial charge in [-0.15, -0.1) is 11.3 Å². The normalized spacial score (nSPS) is 27.5. The summed E-state index contributed by atoms with van der Waals surface area (Å²) < 4.78 is 1.96. The van der Waals surface area contributed by atoms with Crippen LogP contribution in [0.25, 0.3) is 0 Å². The number of piperidine rings is 1. The monoisotopic (exact) mass is 405 g/mol. The van der Waals surface area contributed by atoms with E-state index in [-0.39, 0.29) is 5.78 Å². The summed E-state index contributed by atoms with van der Waals surface area (Å²) in [5, 5.41) is 0. The maximum atomic E-state index is 12.4. The van der Waals surface area contributed by atoms with E-state index in [1.165, 1.54) is 32.1 Å². The number of halogens is 2. The van der Waals surface area contributed by atoms with Crippen LogP contribution in [0.3, 0.4) is 0 Å². The highest BCUT2D eigenvalue weighted by Gasteiger charge is 2.35. The van der Waals surface area contributed by atoms with Crippen molar-refractivity contribution >= 4 is 49.0 Å². The minimum Gasteiger partial charge on any atom is -0.293 e. The molecule has 1 saturated carbocycles. The molecular formula is C14H17Br2NOS. The van der Waals surface area contributed by atoms with Gasteiger partial charge in [0, 0.05) is 11.6 Å². The molecule has 0 aromatic carbocycles. The summed E-state index contributed by atoms with van der Waals surface area (Å²) in [7, 11) is 0. The van der Waals surface area contributed by atoms with E-state index in [0.29, 0.717) is 12.6 Å². The van der Waals surface area contributed by atoms with Crippen molar-refractivity contribution in [2.45, 2.75) is 38.1 Å². The first-order chi connectivity index (χ1) is 9.15. The molecule has 19 heavy (non-hydrogen) atoms. The van der Waals surface area contributed by atoms with E-state index in [4.69, 9.17) is 0 Å². The molecule has 1 aliphatic carbocycles. The summed E-state index contributed by atoms with van der Waals surface area (Å²) in [6, 6.07) is 2.60. The molecule has 0 radical (unpaired) electrons. The van der Waals surface area contributed by atoms with E-state index in [0.717, 1.165) is 25.6 Å². The van der Waals surface area contributed by atoms with Crippen LogP contribution >= 0.6 is 43.2 Å². The van der Waals surface area contributed by atoms with E-state index >= 15 is 0 Å². The molecule has 2 aliphatic rings. The van der Waals surface area contributed by atoms with Gasteiger partial charge in [-0.1, -0.05) is 6.42 Å². The minimum atomic E-state index is 0.251. The zero-order chi connectivity index (χ0) is 13.4. The van der Waals surface area contributed by atoms with Crippen LogP contribution in [-0.4, -0.2) is 29.8 Å². The molecule has 1 aromatic heterocycles. The number of carbonyl (C=O) groups excluding carboxylic acids is 1. The van der Waals surface area contributed by atoms with E-state index in [1.807, 2.05) is 6.07 Å². The smallest absolute Gasteiger partial charge is 0.178 e. The highest BCUT2D eigenvalue weighted by Crippen LogP contribution is 2.37. The van der Waals surface area contributed by atoms with Gasteiger partial charge in [-0.25, -0.2) is 0 Å². The van der Waals surface area contributed by atoms with Crippen LogP contribution < -0.4 is 0 Å². The first-order valence-corrected chi connectivity index (χ1v) is 9.27. The second-order valence-corrected chi connectivity index (χ2v) is 9.28. The molecular weight excluding hydrogens is 390 g/mol. The Bertz CT molecular complexity index is 488. The first kappa shape index (κ1) is 14.2. The fraction of sp³-hybridized carbons (Fsp3) is 0.643. The number of carbonyl (C=O) groups is 1. The standard InChI is InChI=1S/C14H17Br2NOS/c15-13-7-10(14(16)19-13)12(18)8-17-6-2-4-9-3-1-5-11(9)17/h7,9,11H,1-6,8H2. The Labute approximate surface area is 134 Å². The summed E-state index contributed by atoms with van der Waals surface area (Å²) in [6.07, 6.45) is 6.61. The molecule has 3 rings (SSSR count). The van der Waals surface area contributed by atoms with Crippen molar-refractivity contribution in [3.8, 4) is 0 Å². The van der Waals surface area contributed by atoms with Crippen molar-refractivity contribution in [3.05, 3.63) is 19.2 Å². The van der Waals surface area contributed by atoms with Gasteiger partial charge in [0.2, 0.25) is 0 Å². The fourth-order valence-corrected chi connectivity index (χ4v) is 6.41. The maximum absolute atomic E-state index is 12.4. The second kappa shape index (κ2) is 5.96. The Morgan fingerprint density at radius 2 is 2.11 bits per heavy atom. The molecule has 104 valence electrons. The molecule has 0 spiro atoms. The molecule has 5 heteroatoms. The lowest BCUT2D eigenvalue weighted by atomic mass is 9.91. The number of thiophene rings is 1. The molecule has 1 aliphatic heterocycles. The molecule has 2 heterocycles. The third kappa shape index (κ3) is 2.99. The van der Waals surface area contributed by atoms with E-state index in [9.17, 15) is 4.79 Å². The molecule has 0 bridgehead atoms. The first-order valence-electron chi connectivity index (χ1n) is 6.87. The number of hydrogen-bond acceptors (Lipinski definition) is 3. The van der Waals surface area contributed by atoms with Gasteiger partial charge in [0.25, 0.3) is 0 Å². The lowest BCUT2D eigenvalue weighted by Gasteiger charge is -2.37. The van der Waals surface area contributed by atoms with Gasteiger partial charge in [-0.05, 0) is 76.1 Å². The zero-order valence-electron chi connectivity index (χ0n) is 10.7. The van der Waals surface area contributed by atoms with E-state index < -0.39 is 0 Å². The summed E-state index contributed by atoms with van der Waals surface area (Å²) in [5.74, 6) is 1.10. The van der Waals surface area contributed by atoms with Gasteiger partial charge in [0.05, 0.1) is 14.1 Å². The van der Waals surface area contributed by atoms with E-state index in [1.54, 1.807) is 11.3 Å². The molecule has 1 aromatic rings. The van der Waals surface area contributed by atoms with Crippen molar-refractivity contribution in [2.75, 3.05) is 13.1 Å². The van der Waals surface area contributed by atoms with Crippen molar-refractivity contribution < 1.29 is 4.79 Å². The quantitative estimate of drug-likeness (QED) is 0.676. The topological polar surface area (TPSA) is 20.3 Å². The molecule has 0 N–H and O–H groups in total. The summed E-state index contributed by atoms with van der Waals surface area (Å²) in [4.78, 5) is 14.9. The van der Waals surface area contributed by atoms with Gasteiger partial charge in [0.1, 0.15) is 0 Å². The van der Waals surface area contributed by atoms with Crippen molar-refractivity contribution in [1.82, 2.24) is 4.90 Å². The van der Waals surface area contributed by atoms with Crippen LogP contribution in [0.15, 0.2) is 13.6 Å². The second-order valence-electron chi connectivity index (χ2n) is 5.53. The number of fused-ring (bicyclic) bond motifs is 1. The Kier molecular flexibility index (Phi) is 4.47. The number of Topliss-reactive ketones (excluding diaryl/α,β-unsaturated/α-hetero) is 1. The fourth-order valence-electron chi connectivity index (χ4n) is 3.55. The Hall–Kier alpha value is 0.290. The number of rotatable bonds is 3. The molecule has 1 saturated heterocycles. The van der Waals surface area contributed by atoms with Crippen molar-refractivity contribution in [2.24, 2.45) is 5.92 Å². The van der Waals surface area contributed by atoms with Crippen LogP contribution in [0.5, 0.6) is 0 Å². The summed E-state index contributed by atoms with van der Waals surface area (Å²) in [5.41, 5.74) is 0.831. The SMILES string of the molecule is O=C(CN1CCCC2CCCC21)c1cc(Br)sc1Br. The minimum absolute atomic E-state index is 0.251. The van der Waals surface area contributed by atoms with Crippen LogP contribution in [0.2, 0.25) is 0 Å². The Morgan fingerprint density at radius 1 is 1.32 bits per heavy atom. The highest BCUT2D eigenvalue weighted by atomic mass is 79.9. The van der Waals surface area contributed by atoms with Crippen LogP contribution in [0.4, 0.5) is 0 Å². The van der Waals surface area contributed by atoms with Gasteiger partial charge in [-0.3, -0.25) is 9.69 Å². The largest absolute Gasteiger partial charge is 0.293 e. The third-order valence-electron chi connectivity index (χ3n) is 4.41. The molecule has 2 unspecified atom stereocenters. The molecule has 2 nitrogen and oxygen atoms in total. The molecule has 2 fully saturated rings.